The Morgan fingerprint density at radius 3 is 2.39 bits per heavy atom. The van der Waals surface area contributed by atoms with Crippen molar-refractivity contribution >= 4 is 17.5 Å². The van der Waals surface area contributed by atoms with Crippen LogP contribution in [-0.4, -0.2) is 41.9 Å². The molecule has 1 saturated carbocycles. The van der Waals surface area contributed by atoms with Gasteiger partial charge in [0.25, 0.3) is 0 Å². The number of carbonyl (C=O) groups excluding carboxylic acids is 2. The minimum absolute atomic E-state index is 0.00481. The lowest BCUT2D eigenvalue weighted by molar-refractivity contribution is -0.124. The largest absolute Gasteiger partial charge is 0.370 e. The smallest absolute Gasteiger partial charge is 0.235 e. The van der Waals surface area contributed by atoms with Crippen molar-refractivity contribution in [3.05, 3.63) is 29.3 Å². The molecule has 1 unspecified atom stereocenters. The molecule has 2 amide bonds. The first-order valence-electron chi connectivity index (χ1n) is 11.8. The van der Waals surface area contributed by atoms with Crippen LogP contribution in [0, 0.1) is 23.2 Å². The van der Waals surface area contributed by atoms with Crippen LogP contribution in [0.2, 0.25) is 0 Å². The summed E-state index contributed by atoms with van der Waals surface area (Å²) in [6.07, 6.45) is 7.12. The minimum atomic E-state index is -0.565. The highest BCUT2D eigenvalue weighted by Gasteiger charge is 2.42. The second-order valence-electron chi connectivity index (χ2n) is 9.90. The molecular formula is C25H34N4O2. The highest BCUT2D eigenvalue weighted by Crippen LogP contribution is 2.43. The molecule has 0 bridgehead atoms. The third-order valence-electron chi connectivity index (χ3n) is 7.80. The number of rotatable bonds is 5. The summed E-state index contributed by atoms with van der Waals surface area (Å²) < 4.78 is 0. The molecule has 3 aliphatic rings. The van der Waals surface area contributed by atoms with Crippen LogP contribution < -0.4 is 10.6 Å². The minimum Gasteiger partial charge on any atom is -0.370 e. The maximum Gasteiger partial charge on any atom is 0.235 e. The molecule has 1 aliphatic carbocycles. The van der Waals surface area contributed by atoms with Gasteiger partial charge >= 0.3 is 0 Å². The number of nitrogens with zero attached hydrogens (tertiary/aromatic N) is 3. The number of hydrogen-bond donors (Lipinski definition) is 1. The number of nitriles is 1. The molecule has 0 spiro atoms. The number of anilines is 1. The topological polar surface area (TPSA) is 90.4 Å². The molecule has 2 fully saturated rings. The predicted molar refractivity (Wildman–Crippen MR) is 120 cm³/mol. The quantitative estimate of drug-likeness (QED) is 0.786. The van der Waals surface area contributed by atoms with Gasteiger partial charge in [-0.15, -0.1) is 0 Å². The van der Waals surface area contributed by atoms with Crippen LogP contribution in [0.3, 0.4) is 0 Å². The first kappa shape index (κ1) is 21.8. The molecule has 166 valence electrons. The summed E-state index contributed by atoms with van der Waals surface area (Å²) >= 11 is 0. The molecule has 1 aromatic carbocycles. The maximum atomic E-state index is 13.3. The Bertz CT molecular complexity index is 874. The van der Waals surface area contributed by atoms with E-state index in [4.69, 9.17) is 5.73 Å². The summed E-state index contributed by atoms with van der Waals surface area (Å²) in [5.41, 5.74) is 7.57. The Balaban J connectivity index is 1.44. The van der Waals surface area contributed by atoms with Gasteiger partial charge in [0.05, 0.1) is 17.6 Å². The molecule has 0 radical (unpaired) electrons. The fourth-order valence-electron chi connectivity index (χ4n) is 5.96. The number of fused-ring (bicyclic) bond motifs is 1. The number of piperidine rings is 1. The number of nitrogens with two attached hydrogens (primary N) is 1. The molecule has 6 heteroatoms. The lowest BCUT2D eigenvalue weighted by Gasteiger charge is -2.43. The molecule has 1 aromatic rings. The van der Waals surface area contributed by atoms with Crippen LogP contribution in [0.1, 0.15) is 75.8 Å². The average Bonchev–Trinajstić information content (AvgIpc) is 3.04. The molecule has 2 heterocycles. The second kappa shape index (κ2) is 9.00. The Morgan fingerprint density at radius 1 is 1.13 bits per heavy atom. The van der Waals surface area contributed by atoms with Gasteiger partial charge in [-0.3, -0.25) is 9.59 Å². The summed E-state index contributed by atoms with van der Waals surface area (Å²) in [5.74, 6) is 0.557. The summed E-state index contributed by atoms with van der Waals surface area (Å²) in [4.78, 5) is 29.4. The summed E-state index contributed by atoms with van der Waals surface area (Å²) in [6, 6.07) is 8.34. The van der Waals surface area contributed by atoms with Crippen molar-refractivity contribution in [3.63, 3.8) is 0 Å². The summed E-state index contributed by atoms with van der Waals surface area (Å²) in [5, 5.41) is 9.27. The molecular weight excluding hydrogens is 388 g/mol. The zero-order chi connectivity index (χ0) is 22.1. The van der Waals surface area contributed by atoms with Crippen LogP contribution in [0.25, 0.3) is 0 Å². The van der Waals surface area contributed by atoms with E-state index in [-0.39, 0.29) is 18.4 Å². The first-order valence-corrected chi connectivity index (χ1v) is 11.8. The normalized spacial score (nSPS) is 27.4. The van der Waals surface area contributed by atoms with E-state index in [0.717, 1.165) is 49.0 Å². The van der Waals surface area contributed by atoms with E-state index in [9.17, 15) is 14.9 Å². The number of benzene rings is 1. The number of carbonyl (C=O) groups is 2. The van der Waals surface area contributed by atoms with E-state index >= 15 is 0 Å². The molecule has 2 N–H and O–H groups in total. The summed E-state index contributed by atoms with van der Waals surface area (Å²) in [7, 11) is 0. The third-order valence-corrected chi connectivity index (χ3v) is 7.80. The van der Waals surface area contributed by atoms with E-state index in [1.54, 1.807) is 12.1 Å². The first-order chi connectivity index (χ1) is 14.9. The Kier molecular flexibility index (Phi) is 6.34. The van der Waals surface area contributed by atoms with E-state index in [2.05, 4.69) is 24.8 Å². The van der Waals surface area contributed by atoms with E-state index in [0.29, 0.717) is 11.6 Å². The fraction of sp³-hybridized carbons (Fsp3) is 0.640. The predicted octanol–water partition coefficient (Wildman–Crippen LogP) is 3.54. The lowest BCUT2D eigenvalue weighted by Crippen LogP contribution is -2.50. The second-order valence-corrected chi connectivity index (χ2v) is 9.90. The average molecular weight is 423 g/mol. The molecule has 1 atom stereocenters. The maximum absolute atomic E-state index is 13.3. The molecule has 4 rings (SSSR count). The van der Waals surface area contributed by atoms with Crippen LogP contribution in [0.5, 0.6) is 0 Å². The van der Waals surface area contributed by atoms with Gasteiger partial charge in [-0.1, -0.05) is 13.8 Å². The van der Waals surface area contributed by atoms with E-state index in [1.807, 2.05) is 11.0 Å². The van der Waals surface area contributed by atoms with E-state index in [1.165, 1.54) is 25.7 Å². The van der Waals surface area contributed by atoms with Gasteiger partial charge in [0.15, 0.2) is 0 Å². The molecule has 6 nitrogen and oxygen atoms in total. The molecule has 0 aromatic heterocycles. The Morgan fingerprint density at radius 2 is 1.81 bits per heavy atom. The zero-order valence-electron chi connectivity index (χ0n) is 18.7. The van der Waals surface area contributed by atoms with Crippen molar-refractivity contribution in [2.75, 3.05) is 18.0 Å². The van der Waals surface area contributed by atoms with Gasteiger partial charge in [0.1, 0.15) is 0 Å². The monoisotopic (exact) mass is 422 g/mol. The van der Waals surface area contributed by atoms with Crippen molar-refractivity contribution in [1.29, 1.82) is 5.26 Å². The van der Waals surface area contributed by atoms with Crippen molar-refractivity contribution in [2.24, 2.45) is 17.6 Å². The van der Waals surface area contributed by atoms with Gasteiger partial charge in [-0.05, 0) is 74.1 Å². The Labute approximate surface area is 185 Å². The summed E-state index contributed by atoms with van der Waals surface area (Å²) in [6.45, 7) is 6.70. The van der Waals surface area contributed by atoms with Gasteiger partial charge in [-0.2, -0.15) is 5.26 Å². The van der Waals surface area contributed by atoms with Crippen molar-refractivity contribution in [1.82, 2.24) is 4.90 Å². The Hall–Kier alpha value is -2.39. The number of likely N-dealkylation sites (tertiary alicyclic amines) is 1. The van der Waals surface area contributed by atoms with Crippen LogP contribution in [0.4, 0.5) is 5.69 Å². The van der Waals surface area contributed by atoms with Gasteiger partial charge < -0.3 is 15.5 Å². The number of primary amides is 1. The third kappa shape index (κ3) is 4.34. The van der Waals surface area contributed by atoms with E-state index < -0.39 is 11.8 Å². The van der Waals surface area contributed by atoms with Gasteiger partial charge in [0, 0.05) is 37.3 Å². The van der Waals surface area contributed by atoms with Crippen LogP contribution in [-0.2, 0) is 9.59 Å². The van der Waals surface area contributed by atoms with Crippen molar-refractivity contribution < 1.29 is 9.59 Å². The van der Waals surface area contributed by atoms with Crippen molar-refractivity contribution in [3.8, 4) is 6.07 Å². The number of amides is 2. The van der Waals surface area contributed by atoms with Crippen LogP contribution in [0.15, 0.2) is 18.2 Å². The van der Waals surface area contributed by atoms with Crippen molar-refractivity contribution in [2.45, 2.75) is 76.8 Å². The zero-order valence-corrected chi connectivity index (χ0v) is 18.7. The molecule has 1 saturated heterocycles. The van der Waals surface area contributed by atoms with Gasteiger partial charge in [-0.25, -0.2) is 0 Å². The highest BCUT2D eigenvalue weighted by atomic mass is 16.2. The molecule has 2 aliphatic heterocycles. The highest BCUT2D eigenvalue weighted by molar-refractivity contribution is 6.07. The lowest BCUT2D eigenvalue weighted by atomic mass is 9.79. The number of hydrogen-bond acceptors (Lipinski definition) is 4. The SMILES string of the molecule is CC(C)[C@H]1CC[C@@H](N2CCC(N3C(=O)C(CC(N)=O)c4cc(C#N)ccc43)CC2)CC1. The van der Waals surface area contributed by atoms with Gasteiger partial charge in [0.2, 0.25) is 11.8 Å². The fourth-order valence-corrected chi connectivity index (χ4v) is 5.96. The standard InChI is InChI=1S/C25H34N4O2/c1-16(2)18-4-6-19(7-5-18)28-11-9-20(10-12-28)29-23-8-3-17(15-26)13-21(23)22(25(29)31)14-24(27)30/h3,8,13,16,18-20,22H,4-7,9-12,14H2,1-2H3,(H2,27,30)/t18-,19+,22?. The van der Waals surface area contributed by atoms with Crippen LogP contribution >= 0.6 is 0 Å². The molecule has 31 heavy (non-hydrogen) atoms.